The Kier molecular flexibility index (Phi) is 3.62. The van der Waals surface area contributed by atoms with E-state index in [4.69, 9.17) is 0 Å². The topological polar surface area (TPSA) is 17.1 Å². The molecule has 2 rings (SSSR count). The smallest absolute Gasteiger partial charge is 0.205 e. The number of carbonyl (C=O) groups excluding carboxylic acids is 1. The molecule has 0 heterocycles. The maximum absolute atomic E-state index is 11.4. The zero-order valence-electron chi connectivity index (χ0n) is 9.31. The lowest BCUT2D eigenvalue weighted by Crippen LogP contribution is -1.96. The molecule has 1 nitrogen and oxygen atoms in total. The molecule has 1 heteroatoms. The third-order valence-corrected chi connectivity index (χ3v) is 2.74. The molecule has 16 heavy (non-hydrogen) atoms. The maximum Gasteiger partial charge on any atom is 0.205 e. The zero-order chi connectivity index (χ0) is 11.2. The Balaban J connectivity index is 2.33. The molecule has 0 bridgehead atoms. The van der Waals surface area contributed by atoms with Gasteiger partial charge in [0.15, 0.2) is 0 Å². The number of hydrogen-bond donors (Lipinski definition) is 0. The van der Waals surface area contributed by atoms with Crippen molar-refractivity contribution in [2.24, 2.45) is 0 Å². The van der Waals surface area contributed by atoms with Crippen LogP contribution >= 0.6 is 0 Å². The largest absolute Gasteiger partial charge is 0.285 e. The van der Waals surface area contributed by atoms with Gasteiger partial charge in [-0.2, -0.15) is 0 Å². The number of carbonyl (C=O) groups is 1. The summed E-state index contributed by atoms with van der Waals surface area (Å²) >= 11 is 0. The summed E-state index contributed by atoms with van der Waals surface area (Å²) in [5.74, 6) is 11.9. The van der Waals surface area contributed by atoms with E-state index in [0.29, 0.717) is 6.42 Å². The molecule has 0 aliphatic heterocycles. The van der Waals surface area contributed by atoms with Crippen molar-refractivity contribution in [1.82, 2.24) is 0 Å². The average molecular weight is 210 g/mol. The fourth-order valence-corrected chi connectivity index (χ4v) is 1.83. The predicted octanol–water partition coefficient (Wildman–Crippen LogP) is 2.78. The third-order valence-electron chi connectivity index (χ3n) is 2.74. The summed E-state index contributed by atoms with van der Waals surface area (Å²) in [7, 11) is 0. The molecule has 0 saturated heterocycles. The van der Waals surface area contributed by atoms with E-state index >= 15 is 0 Å². The summed E-state index contributed by atoms with van der Waals surface area (Å²) in [6, 6.07) is 0. The molecule has 0 atom stereocenters. The molecule has 0 N–H and O–H groups in total. The van der Waals surface area contributed by atoms with Crippen molar-refractivity contribution in [2.75, 3.05) is 0 Å². The van der Waals surface area contributed by atoms with Gasteiger partial charge in [-0.25, -0.2) is 0 Å². The van der Waals surface area contributed by atoms with Crippen molar-refractivity contribution in [3.05, 3.63) is 23.3 Å². The van der Waals surface area contributed by atoms with Gasteiger partial charge in [-0.1, -0.05) is 23.8 Å². The van der Waals surface area contributed by atoms with Crippen LogP contribution in [-0.2, 0) is 4.79 Å². The minimum absolute atomic E-state index is 0.0366. The summed E-state index contributed by atoms with van der Waals surface area (Å²) in [6.45, 7) is 0. The van der Waals surface area contributed by atoms with Gasteiger partial charge in [-0.05, 0) is 43.3 Å². The summed E-state index contributed by atoms with van der Waals surface area (Å²) < 4.78 is 0. The number of hydrogen-bond acceptors (Lipinski definition) is 1. The molecule has 0 unspecified atom stereocenters. The van der Waals surface area contributed by atoms with E-state index in [1.807, 2.05) is 6.08 Å². The van der Waals surface area contributed by atoms with Crippen LogP contribution in [0.2, 0.25) is 0 Å². The van der Waals surface area contributed by atoms with E-state index in [1.54, 1.807) is 0 Å². The Labute approximate surface area is 96.6 Å². The number of rotatable bonds is 0. The van der Waals surface area contributed by atoms with Gasteiger partial charge in [0.25, 0.3) is 0 Å². The van der Waals surface area contributed by atoms with E-state index in [0.717, 1.165) is 37.7 Å². The highest BCUT2D eigenvalue weighted by molar-refractivity contribution is 5.96. The molecule has 0 aromatic carbocycles. The van der Waals surface area contributed by atoms with Crippen LogP contribution < -0.4 is 0 Å². The van der Waals surface area contributed by atoms with Crippen molar-refractivity contribution in [2.45, 2.75) is 38.5 Å². The van der Waals surface area contributed by atoms with Crippen LogP contribution in [0.3, 0.4) is 0 Å². The SMILES string of the molecule is O=C1C#CC2=CCCC/C2=C/C#CCCC1. The predicted molar refractivity (Wildman–Crippen MR) is 64.4 cm³/mol. The number of Topliss-reactive ketones (excluding diaryl/α,β-unsaturated/α-hetero) is 1. The van der Waals surface area contributed by atoms with Crippen LogP contribution in [0.15, 0.2) is 23.3 Å². The van der Waals surface area contributed by atoms with E-state index < -0.39 is 0 Å². The Morgan fingerprint density at radius 3 is 3.00 bits per heavy atom. The van der Waals surface area contributed by atoms with E-state index in [-0.39, 0.29) is 5.78 Å². The van der Waals surface area contributed by atoms with Gasteiger partial charge in [0, 0.05) is 18.4 Å². The van der Waals surface area contributed by atoms with Crippen molar-refractivity contribution in [3.8, 4) is 23.7 Å². The number of fused-ring (bicyclic) bond motifs is 1. The van der Waals surface area contributed by atoms with Gasteiger partial charge in [0.1, 0.15) is 0 Å². The van der Waals surface area contributed by atoms with Crippen LogP contribution in [0.1, 0.15) is 38.5 Å². The Bertz CT molecular complexity index is 469. The lowest BCUT2D eigenvalue weighted by atomic mass is 9.93. The highest BCUT2D eigenvalue weighted by Gasteiger charge is 2.08. The first-order chi connectivity index (χ1) is 7.86. The fourth-order valence-electron chi connectivity index (χ4n) is 1.83. The van der Waals surface area contributed by atoms with Crippen LogP contribution in [0.5, 0.6) is 0 Å². The number of allylic oxidation sites excluding steroid dienone is 4. The molecule has 2 aliphatic rings. The van der Waals surface area contributed by atoms with E-state index in [2.05, 4.69) is 29.8 Å². The standard InChI is InChI=1S/C15H14O/c16-15-10-4-2-1-3-7-13-8-5-6-9-14(13)11-12-15/h7,9H,2,4-6,8,10H2/b13-7-. The Hall–Kier alpha value is -1.73. The second-order valence-electron chi connectivity index (χ2n) is 4.03. The summed E-state index contributed by atoms with van der Waals surface area (Å²) in [5, 5.41) is 0. The van der Waals surface area contributed by atoms with Gasteiger partial charge in [0.2, 0.25) is 5.78 Å². The molecular formula is C15H14O. The summed E-state index contributed by atoms with van der Waals surface area (Å²) in [4.78, 5) is 11.4. The second kappa shape index (κ2) is 5.38. The molecule has 0 radical (unpaired) electrons. The third kappa shape index (κ3) is 2.88. The van der Waals surface area contributed by atoms with Crippen molar-refractivity contribution >= 4 is 5.78 Å². The molecule has 0 amide bonds. The van der Waals surface area contributed by atoms with Gasteiger partial charge in [-0.15, -0.1) is 0 Å². The first-order valence-corrected chi connectivity index (χ1v) is 5.79. The van der Waals surface area contributed by atoms with Crippen LogP contribution in [-0.4, -0.2) is 5.78 Å². The van der Waals surface area contributed by atoms with Crippen LogP contribution in [0.25, 0.3) is 0 Å². The van der Waals surface area contributed by atoms with Gasteiger partial charge >= 0.3 is 0 Å². The minimum Gasteiger partial charge on any atom is -0.285 e. The Morgan fingerprint density at radius 2 is 2.06 bits per heavy atom. The van der Waals surface area contributed by atoms with Crippen molar-refractivity contribution in [3.63, 3.8) is 0 Å². The van der Waals surface area contributed by atoms with Gasteiger partial charge in [-0.3, -0.25) is 4.79 Å². The van der Waals surface area contributed by atoms with E-state index in [1.165, 1.54) is 5.57 Å². The van der Waals surface area contributed by atoms with Gasteiger partial charge in [0.05, 0.1) is 0 Å². The molecular weight excluding hydrogens is 196 g/mol. The molecule has 0 saturated carbocycles. The fraction of sp³-hybridized carbons (Fsp3) is 0.400. The van der Waals surface area contributed by atoms with E-state index in [9.17, 15) is 4.79 Å². The number of ketones is 1. The Morgan fingerprint density at radius 1 is 1.12 bits per heavy atom. The minimum atomic E-state index is 0.0366. The first kappa shape index (κ1) is 10.8. The van der Waals surface area contributed by atoms with Gasteiger partial charge < -0.3 is 0 Å². The monoisotopic (exact) mass is 210 g/mol. The molecule has 0 spiro atoms. The molecule has 0 fully saturated rings. The lowest BCUT2D eigenvalue weighted by Gasteiger charge is -2.10. The molecule has 0 aromatic rings. The van der Waals surface area contributed by atoms with Crippen LogP contribution in [0, 0.1) is 23.7 Å². The highest BCUT2D eigenvalue weighted by atomic mass is 16.1. The molecule has 2 aliphatic carbocycles. The summed E-state index contributed by atoms with van der Waals surface area (Å²) in [6.07, 6.45) is 9.48. The quantitative estimate of drug-likeness (QED) is 0.444. The molecule has 80 valence electrons. The molecule has 0 aromatic heterocycles. The van der Waals surface area contributed by atoms with Crippen molar-refractivity contribution < 1.29 is 4.79 Å². The first-order valence-electron chi connectivity index (χ1n) is 5.79. The highest BCUT2D eigenvalue weighted by Crippen LogP contribution is 2.23. The average Bonchev–Trinajstić information content (AvgIpc) is 2.35. The maximum atomic E-state index is 11.4. The van der Waals surface area contributed by atoms with Crippen LogP contribution in [0.4, 0.5) is 0 Å². The normalized spacial score (nSPS) is 23.1. The lowest BCUT2D eigenvalue weighted by molar-refractivity contribution is -0.113. The summed E-state index contributed by atoms with van der Waals surface area (Å²) in [5.41, 5.74) is 2.21. The van der Waals surface area contributed by atoms with Crippen molar-refractivity contribution in [1.29, 1.82) is 0 Å². The second-order valence-corrected chi connectivity index (χ2v) is 4.03. The zero-order valence-corrected chi connectivity index (χ0v) is 9.31.